The van der Waals surface area contributed by atoms with Gasteiger partial charge in [0, 0.05) is 25.1 Å². The lowest BCUT2D eigenvalue weighted by Crippen LogP contribution is -2.32. The number of hydrogen-bond acceptors (Lipinski definition) is 6. The number of nitrogens with zero attached hydrogens (tertiary/aromatic N) is 4. The molecule has 0 aliphatic heterocycles. The van der Waals surface area contributed by atoms with Crippen LogP contribution in [-0.4, -0.2) is 36.8 Å². The Morgan fingerprint density at radius 3 is 2.75 bits per heavy atom. The van der Waals surface area contributed by atoms with Crippen LogP contribution in [0, 0.1) is 6.92 Å². The van der Waals surface area contributed by atoms with Gasteiger partial charge >= 0.3 is 0 Å². The van der Waals surface area contributed by atoms with Crippen molar-refractivity contribution in [1.29, 1.82) is 0 Å². The summed E-state index contributed by atoms with van der Waals surface area (Å²) in [5.74, 6) is -1.28. The molecule has 0 saturated heterocycles. The molecule has 0 aromatic carbocycles. The fourth-order valence-electron chi connectivity index (χ4n) is 3.35. The zero-order valence-corrected chi connectivity index (χ0v) is 15.3. The van der Waals surface area contributed by atoms with Crippen molar-refractivity contribution in [3.05, 3.63) is 54.0 Å². The topological polar surface area (TPSA) is 89.0 Å². The maximum atomic E-state index is 13.4. The summed E-state index contributed by atoms with van der Waals surface area (Å²) in [6.07, 6.45) is 3.87. The summed E-state index contributed by atoms with van der Waals surface area (Å²) >= 11 is 0. The van der Waals surface area contributed by atoms with E-state index in [1.54, 1.807) is 23.0 Å². The van der Waals surface area contributed by atoms with Gasteiger partial charge in [0.15, 0.2) is 18.0 Å². The standard InChI is InChI=1S/C19H21F2N5O2/c1-12-4-7-26(25-12)17-9-13(18(27)15-10-22-11-28-15)8-16(24-17)23-14-2-5-19(20,21)6-3-14/h4,7-11,14,18,27H,2-3,5-6H2,1H3,(H,23,24). The second-order valence-corrected chi connectivity index (χ2v) is 7.13. The number of hydrogen-bond donors (Lipinski definition) is 2. The van der Waals surface area contributed by atoms with E-state index in [1.807, 2.05) is 13.0 Å². The van der Waals surface area contributed by atoms with E-state index in [0.29, 0.717) is 35.8 Å². The van der Waals surface area contributed by atoms with Gasteiger partial charge < -0.3 is 14.8 Å². The van der Waals surface area contributed by atoms with Crippen molar-refractivity contribution in [3.63, 3.8) is 0 Å². The third kappa shape index (κ3) is 4.04. The SMILES string of the molecule is Cc1ccn(-c2cc(C(O)c3cnco3)cc(NC3CCC(F)(F)CC3)n2)n1. The Balaban J connectivity index is 1.64. The number of aliphatic hydroxyl groups is 1. The Kier molecular flexibility index (Phi) is 4.84. The van der Waals surface area contributed by atoms with E-state index in [9.17, 15) is 13.9 Å². The summed E-state index contributed by atoms with van der Waals surface area (Å²) in [7, 11) is 0. The number of halogens is 2. The fourth-order valence-corrected chi connectivity index (χ4v) is 3.35. The number of aliphatic hydroxyl groups excluding tert-OH is 1. The van der Waals surface area contributed by atoms with Crippen LogP contribution in [0.15, 0.2) is 41.4 Å². The summed E-state index contributed by atoms with van der Waals surface area (Å²) in [4.78, 5) is 8.39. The molecule has 28 heavy (non-hydrogen) atoms. The summed E-state index contributed by atoms with van der Waals surface area (Å²) in [6, 6.07) is 5.15. The molecule has 1 aliphatic rings. The molecule has 1 unspecified atom stereocenters. The quantitative estimate of drug-likeness (QED) is 0.693. The highest BCUT2D eigenvalue weighted by atomic mass is 19.3. The minimum Gasteiger partial charge on any atom is -0.445 e. The van der Waals surface area contributed by atoms with E-state index < -0.39 is 12.0 Å². The Hall–Kier alpha value is -2.81. The normalized spacial score (nSPS) is 18.1. The van der Waals surface area contributed by atoms with Crippen molar-refractivity contribution in [1.82, 2.24) is 19.7 Å². The first-order valence-corrected chi connectivity index (χ1v) is 9.15. The van der Waals surface area contributed by atoms with Crippen molar-refractivity contribution in [3.8, 4) is 5.82 Å². The molecule has 7 nitrogen and oxygen atoms in total. The van der Waals surface area contributed by atoms with E-state index in [1.165, 1.54) is 12.6 Å². The molecule has 0 bridgehead atoms. The fraction of sp³-hybridized carbons (Fsp3) is 0.421. The molecule has 0 amide bonds. The van der Waals surface area contributed by atoms with Gasteiger partial charge in [-0.15, -0.1) is 0 Å². The summed E-state index contributed by atoms with van der Waals surface area (Å²) < 4.78 is 33.7. The molecule has 3 heterocycles. The van der Waals surface area contributed by atoms with E-state index in [0.717, 1.165) is 5.69 Å². The number of rotatable bonds is 5. The molecule has 1 saturated carbocycles. The van der Waals surface area contributed by atoms with Gasteiger partial charge in [-0.25, -0.2) is 23.4 Å². The molecule has 3 aromatic heterocycles. The maximum Gasteiger partial charge on any atom is 0.248 e. The number of aryl methyl sites for hydroxylation is 1. The lowest BCUT2D eigenvalue weighted by Gasteiger charge is -2.29. The number of anilines is 1. The first-order chi connectivity index (χ1) is 13.4. The van der Waals surface area contributed by atoms with Crippen LogP contribution in [-0.2, 0) is 0 Å². The van der Waals surface area contributed by atoms with Crippen molar-refractivity contribution < 1.29 is 18.3 Å². The van der Waals surface area contributed by atoms with Gasteiger partial charge in [0.2, 0.25) is 5.92 Å². The van der Waals surface area contributed by atoms with Crippen molar-refractivity contribution in [2.45, 2.75) is 50.7 Å². The first-order valence-electron chi connectivity index (χ1n) is 9.15. The van der Waals surface area contributed by atoms with Crippen molar-refractivity contribution >= 4 is 5.82 Å². The third-order valence-electron chi connectivity index (χ3n) is 4.90. The minimum atomic E-state index is -2.59. The monoisotopic (exact) mass is 389 g/mol. The molecule has 9 heteroatoms. The number of pyridine rings is 1. The van der Waals surface area contributed by atoms with Crippen LogP contribution in [0.25, 0.3) is 5.82 Å². The second-order valence-electron chi connectivity index (χ2n) is 7.13. The second kappa shape index (κ2) is 7.31. The van der Waals surface area contributed by atoms with E-state index >= 15 is 0 Å². The van der Waals surface area contributed by atoms with Crippen LogP contribution in [0.1, 0.15) is 48.8 Å². The van der Waals surface area contributed by atoms with Crippen LogP contribution >= 0.6 is 0 Å². The Morgan fingerprint density at radius 2 is 2.11 bits per heavy atom. The van der Waals surface area contributed by atoms with Crippen molar-refractivity contribution in [2.24, 2.45) is 0 Å². The van der Waals surface area contributed by atoms with Gasteiger partial charge in [0.1, 0.15) is 11.9 Å². The Bertz CT molecular complexity index is 932. The smallest absolute Gasteiger partial charge is 0.248 e. The molecule has 4 rings (SSSR count). The lowest BCUT2D eigenvalue weighted by atomic mass is 9.92. The highest BCUT2D eigenvalue weighted by molar-refractivity contribution is 5.46. The highest BCUT2D eigenvalue weighted by Gasteiger charge is 2.35. The number of nitrogens with one attached hydrogen (secondary N) is 1. The molecule has 148 valence electrons. The number of alkyl halides is 2. The molecule has 1 fully saturated rings. The Labute approximate surface area is 160 Å². The zero-order chi connectivity index (χ0) is 19.7. The maximum absolute atomic E-state index is 13.4. The predicted octanol–water partition coefficient (Wildman–Crippen LogP) is 3.64. The summed E-state index contributed by atoms with van der Waals surface area (Å²) in [5.41, 5.74) is 1.37. The van der Waals surface area contributed by atoms with Gasteiger partial charge in [0.05, 0.1) is 11.9 Å². The van der Waals surface area contributed by atoms with Crippen LogP contribution in [0.3, 0.4) is 0 Å². The molecule has 0 radical (unpaired) electrons. The zero-order valence-electron chi connectivity index (χ0n) is 15.3. The van der Waals surface area contributed by atoms with E-state index in [2.05, 4.69) is 20.4 Å². The summed E-state index contributed by atoms with van der Waals surface area (Å²) in [6.45, 7) is 1.87. The van der Waals surface area contributed by atoms with Gasteiger partial charge in [-0.1, -0.05) is 0 Å². The molecule has 0 spiro atoms. The lowest BCUT2D eigenvalue weighted by molar-refractivity contribution is -0.0361. The number of aromatic nitrogens is 4. The third-order valence-corrected chi connectivity index (χ3v) is 4.90. The highest BCUT2D eigenvalue weighted by Crippen LogP contribution is 2.34. The molecule has 3 aromatic rings. The first kappa shape index (κ1) is 18.5. The average Bonchev–Trinajstić information content (AvgIpc) is 3.34. The summed E-state index contributed by atoms with van der Waals surface area (Å²) in [5, 5.41) is 18.2. The van der Waals surface area contributed by atoms with Crippen LogP contribution < -0.4 is 5.32 Å². The molecule has 2 N–H and O–H groups in total. The predicted molar refractivity (Wildman–Crippen MR) is 97.5 cm³/mol. The van der Waals surface area contributed by atoms with Gasteiger partial charge in [-0.05, 0) is 43.5 Å². The van der Waals surface area contributed by atoms with Crippen molar-refractivity contribution in [2.75, 3.05) is 5.32 Å². The van der Waals surface area contributed by atoms with Gasteiger partial charge in [-0.2, -0.15) is 5.10 Å². The molecular formula is C19H21F2N5O2. The van der Waals surface area contributed by atoms with E-state index in [-0.39, 0.29) is 18.9 Å². The molecule has 1 aliphatic carbocycles. The van der Waals surface area contributed by atoms with Crippen LogP contribution in [0.4, 0.5) is 14.6 Å². The largest absolute Gasteiger partial charge is 0.445 e. The molecule has 1 atom stereocenters. The number of oxazole rings is 1. The van der Waals surface area contributed by atoms with Gasteiger partial charge in [0.25, 0.3) is 0 Å². The van der Waals surface area contributed by atoms with Crippen LogP contribution in [0.2, 0.25) is 0 Å². The van der Waals surface area contributed by atoms with Gasteiger partial charge in [-0.3, -0.25) is 0 Å². The van der Waals surface area contributed by atoms with Crippen LogP contribution in [0.5, 0.6) is 0 Å². The average molecular weight is 389 g/mol. The molecular weight excluding hydrogens is 368 g/mol. The Morgan fingerprint density at radius 1 is 1.32 bits per heavy atom. The van der Waals surface area contributed by atoms with E-state index in [4.69, 9.17) is 4.42 Å². The minimum absolute atomic E-state index is 0.1000.